The maximum Gasteiger partial charge on any atom is 0.336 e. The van der Waals surface area contributed by atoms with Crippen molar-refractivity contribution in [2.24, 2.45) is 0 Å². The number of nitrogens with zero attached hydrogens (tertiary/aromatic N) is 2. The quantitative estimate of drug-likeness (QED) is 0.348. The number of thioether (sulfide) groups is 1. The van der Waals surface area contributed by atoms with Gasteiger partial charge in [0.05, 0.1) is 0 Å². The molecule has 1 atom stereocenters. The first-order valence-electron chi connectivity index (χ1n) is 9.45. The van der Waals surface area contributed by atoms with Crippen molar-refractivity contribution in [1.82, 2.24) is 10.2 Å². The van der Waals surface area contributed by atoms with Gasteiger partial charge in [-0.1, -0.05) is 23.9 Å². The lowest BCUT2D eigenvalue weighted by Crippen LogP contribution is -2.21. The normalized spacial score (nSPS) is 15.5. The first kappa shape index (κ1) is 18.7. The molecule has 152 valence electrons. The van der Waals surface area contributed by atoms with Crippen molar-refractivity contribution in [3.05, 3.63) is 75.5 Å². The third-order valence-corrected chi connectivity index (χ3v) is 5.87. The summed E-state index contributed by atoms with van der Waals surface area (Å²) in [5.41, 5.74) is 3.28. The van der Waals surface area contributed by atoms with Crippen molar-refractivity contribution < 1.29 is 18.3 Å². The number of rotatable bonds is 4. The minimum atomic E-state index is -0.461. The highest BCUT2D eigenvalue weighted by atomic mass is 32.2. The summed E-state index contributed by atoms with van der Waals surface area (Å²) in [6.45, 7) is 4.32. The molecule has 0 radical (unpaired) electrons. The third kappa shape index (κ3) is 3.54. The Balaban J connectivity index is 1.34. The molecule has 7 nitrogen and oxygen atoms in total. The number of fused-ring (bicyclic) bond motifs is 2. The number of aryl methyl sites for hydroxylation is 2. The molecule has 0 aliphatic carbocycles. The first-order chi connectivity index (χ1) is 14.6. The number of para-hydroxylation sites is 2. The summed E-state index contributed by atoms with van der Waals surface area (Å²) in [6, 6.07) is 12.9. The van der Waals surface area contributed by atoms with Crippen molar-refractivity contribution in [2.45, 2.75) is 30.9 Å². The van der Waals surface area contributed by atoms with Gasteiger partial charge in [0, 0.05) is 17.2 Å². The minimum Gasteiger partial charge on any atom is -0.485 e. The van der Waals surface area contributed by atoms with Crippen LogP contribution in [0.2, 0.25) is 0 Å². The SMILES string of the molecule is Cc1cc2oc(=O)cc(CSc3nnc(C4COc5ccccc5O4)o3)c2cc1C. The molecule has 0 fully saturated rings. The Morgan fingerprint density at radius 3 is 2.70 bits per heavy atom. The summed E-state index contributed by atoms with van der Waals surface area (Å²) < 4.78 is 22.7. The summed E-state index contributed by atoms with van der Waals surface area (Å²) in [5, 5.41) is 9.52. The Labute approximate surface area is 176 Å². The van der Waals surface area contributed by atoms with Crippen molar-refractivity contribution in [3.63, 3.8) is 0 Å². The highest BCUT2D eigenvalue weighted by Crippen LogP contribution is 2.36. The average Bonchev–Trinajstić information content (AvgIpc) is 3.22. The zero-order valence-electron chi connectivity index (χ0n) is 16.4. The molecule has 2 aromatic heterocycles. The van der Waals surface area contributed by atoms with E-state index in [0.29, 0.717) is 40.6 Å². The van der Waals surface area contributed by atoms with Crippen LogP contribution < -0.4 is 15.1 Å². The molecule has 0 bridgehead atoms. The number of aromatic nitrogens is 2. The average molecular weight is 422 g/mol. The van der Waals surface area contributed by atoms with E-state index in [9.17, 15) is 4.79 Å². The van der Waals surface area contributed by atoms with E-state index in [1.807, 2.05) is 50.2 Å². The van der Waals surface area contributed by atoms with Gasteiger partial charge in [0.1, 0.15) is 12.2 Å². The van der Waals surface area contributed by atoms with Gasteiger partial charge in [0.2, 0.25) is 6.10 Å². The number of ether oxygens (including phenoxy) is 2. The lowest BCUT2D eigenvalue weighted by Gasteiger charge is -2.23. The zero-order valence-corrected chi connectivity index (χ0v) is 17.2. The van der Waals surface area contributed by atoms with Crippen LogP contribution in [0.25, 0.3) is 11.0 Å². The van der Waals surface area contributed by atoms with Crippen LogP contribution in [-0.4, -0.2) is 16.8 Å². The van der Waals surface area contributed by atoms with E-state index in [1.165, 1.54) is 17.8 Å². The third-order valence-electron chi connectivity index (χ3n) is 5.00. The topological polar surface area (TPSA) is 87.6 Å². The second-order valence-corrected chi connectivity index (χ2v) is 8.01. The Morgan fingerprint density at radius 2 is 1.83 bits per heavy atom. The highest BCUT2D eigenvalue weighted by molar-refractivity contribution is 7.98. The highest BCUT2D eigenvalue weighted by Gasteiger charge is 2.27. The summed E-state index contributed by atoms with van der Waals surface area (Å²) in [4.78, 5) is 12.0. The van der Waals surface area contributed by atoms with Crippen LogP contribution in [0.5, 0.6) is 11.5 Å². The molecule has 30 heavy (non-hydrogen) atoms. The van der Waals surface area contributed by atoms with E-state index >= 15 is 0 Å². The number of hydrogen-bond acceptors (Lipinski definition) is 8. The maximum atomic E-state index is 12.0. The second-order valence-electron chi connectivity index (χ2n) is 7.08. The minimum absolute atomic E-state index is 0.298. The van der Waals surface area contributed by atoms with Gasteiger partial charge in [-0.3, -0.25) is 0 Å². The lowest BCUT2D eigenvalue weighted by atomic mass is 10.0. The molecule has 3 heterocycles. The van der Waals surface area contributed by atoms with Gasteiger partial charge in [0.25, 0.3) is 11.1 Å². The van der Waals surface area contributed by atoms with Gasteiger partial charge < -0.3 is 18.3 Å². The van der Waals surface area contributed by atoms with E-state index in [4.69, 9.17) is 18.3 Å². The Kier molecular flexibility index (Phi) is 4.71. The fourth-order valence-corrected chi connectivity index (χ4v) is 4.05. The van der Waals surface area contributed by atoms with Gasteiger partial charge in [-0.2, -0.15) is 0 Å². The van der Waals surface area contributed by atoms with Crippen LogP contribution in [0.15, 0.2) is 61.3 Å². The van der Waals surface area contributed by atoms with Gasteiger partial charge >= 0.3 is 5.63 Å². The molecule has 1 aliphatic heterocycles. The fourth-order valence-electron chi connectivity index (χ4n) is 3.29. The van der Waals surface area contributed by atoms with E-state index in [1.54, 1.807) is 0 Å². The molecule has 0 spiro atoms. The van der Waals surface area contributed by atoms with Gasteiger partial charge in [-0.15, -0.1) is 10.2 Å². The largest absolute Gasteiger partial charge is 0.485 e. The van der Waals surface area contributed by atoms with E-state index in [-0.39, 0.29) is 5.63 Å². The molecule has 2 aromatic carbocycles. The van der Waals surface area contributed by atoms with Gasteiger partial charge in [-0.05, 0) is 54.8 Å². The summed E-state index contributed by atoms with van der Waals surface area (Å²) in [7, 11) is 0. The lowest BCUT2D eigenvalue weighted by molar-refractivity contribution is 0.0686. The van der Waals surface area contributed by atoms with Crippen LogP contribution >= 0.6 is 11.8 Å². The predicted octanol–water partition coefficient (Wildman–Crippen LogP) is 4.60. The molecule has 0 saturated heterocycles. The number of benzene rings is 2. The van der Waals surface area contributed by atoms with Gasteiger partial charge in [0.15, 0.2) is 11.5 Å². The molecule has 0 N–H and O–H groups in total. The van der Waals surface area contributed by atoms with Crippen molar-refractivity contribution in [1.29, 1.82) is 0 Å². The van der Waals surface area contributed by atoms with Crippen LogP contribution in [0.4, 0.5) is 0 Å². The first-order valence-corrected chi connectivity index (χ1v) is 10.4. The Morgan fingerprint density at radius 1 is 1.03 bits per heavy atom. The van der Waals surface area contributed by atoms with Crippen LogP contribution in [0.1, 0.15) is 28.7 Å². The van der Waals surface area contributed by atoms with E-state index in [2.05, 4.69) is 10.2 Å². The van der Waals surface area contributed by atoms with Crippen LogP contribution in [-0.2, 0) is 5.75 Å². The standard InChI is InChI=1S/C22H18N2O5S/c1-12-7-15-14(9-20(25)28-18(15)8-13(12)2)11-30-22-24-23-21(29-22)19-10-26-16-5-3-4-6-17(16)27-19/h3-9,19H,10-11H2,1-2H3. The van der Waals surface area contributed by atoms with Crippen LogP contribution in [0, 0.1) is 13.8 Å². The van der Waals surface area contributed by atoms with E-state index < -0.39 is 6.10 Å². The molecule has 4 aromatic rings. The van der Waals surface area contributed by atoms with Gasteiger partial charge in [-0.25, -0.2) is 4.79 Å². The van der Waals surface area contributed by atoms with Crippen molar-refractivity contribution >= 4 is 22.7 Å². The molecular formula is C22H18N2O5S. The second kappa shape index (κ2) is 7.53. The molecule has 5 rings (SSSR count). The monoisotopic (exact) mass is 422 g/mol. The van der Waals surface area contributed by atoms with E-state index in [0.717, 1.165) is 22.1 Å². The van der Waals surface area contributed by atoms with Crippen LogP contribution in [0.3, 0.4) is 0 Å². The van der Waals surface area contributed by atoms with Crippen molar-refractivity contribution in [3.8, 4) is 11.5 Å². The Bertz CT molecular complexity index is 1300. The molecule has 1 aliphatic rings. The predicted molar refractivity (Wildman–Crippen MR) is 111 cm³/mol. The summed E-state index contributed by atoms with van der Waals surface area (Å²) in [5.74, 6) is 2.20. The molecule has 1 unspecified atom stereocenters. The maximum absolute atomic E-state index is 12.0. The fraction of sp³-hybridized carbons (Fsp3) is 0.227. The van der Waals surface area contributed by atoms with Crippen molar-refractivity contribution in [2.75, 3.05) is 6.61 Å². The molecule has 0 saturated carbocycles. The number of hydrogen-bond donors (Lipinski definition) is 0. The summed E-state index contributed by atoms with van der Waals surface area (Å²) in [6.07, 6.45) is -0.461. The molecular weight excluding hydrogens is 404 g/mol. The zero-order chi connectivity index (χ0) is 20.7. The molecule has 8 heteroatoms. The smallest absolute Gasteiger partial charge is 0.336 e. The Hall–Kier alpha value is -3.26. The summed E-state index contributed by atoms with van der Waals surface area (Å²) >= 11 is 1.36. The molecule has 0 amide bonds.